The average molecular weight is 433 g/mol. The van der Waals surface area contributed by atoms with Crippen LogP contribution >= 0.6 is 0 Å². The highest BCUT2D eigenvalue weighted by Gasteiger charge is 2.47. The molecule has 1 amide bonds. The van der Waals surface area contributed by atoms with Crippen molar-refractivity contribution >= 4 is 23.1 Å². The van der Waals surface area contributed by atoms with E-state index >= 15 is 0 Å². The van der Waals surface area contributed by atoms with E-state index in [1.54, 1.807) is 48.5 Å². The number of amides is 1. The largest absolute Gasteiger partial charge is 0.507 e. The highest BCUT2D eigenvalue weighted by Crippen LogP contribution is 2.43. The maximum absolute atomic E-state index is 13.9. The molecule has 1 unspecified atom stereocenters. The molecule has 1 saturated heterocycles. The van der Waals surface area contributed by atoms with Gasteiger partial charge in [-0.2, -0.15) is 0 Å². The molecule has 1 atom stereocenters. The second-order valence-electron chi connectivity index (χ2n) is 7.13. The van der Waals surface area contributed by atoms with Crippen LogP contribution in [0.5, 0.6) is 11.5 Å². The van der Waals surface area contributed by atoms with E-state index in [0.717, 1.165) is 0 Å². The Morgan fingerprint density at radius 2 is 1.62 bits per heavy atom. The first kappa shape index (κ1) is 21.1. The number of benzene rings is 3. The zero-order valence-electron chi connectivity index (χ0n) is 17.4. The molecule has 1 aliphatic rings. The van der Waals surface area contributed by atoms with Gasteiger partial charge in [-0.1, -0.05) is 36.4 Å². The van der Waals surface area contributed by atoms with Crippen LogP contribution in [-0.4, -0.2) is 31.0 Å². The summed E-state index contributed by atoms with van der Waals surface area (Å²) in [5.41, 5.74) is 0.990. The highest BCUT2D eigenvalue weighted by atomic mass is 19.1. The standard InChI is InChI=1S/C25H20FNO5/c1-31-19-12-11-16(13-20(19)32-2)23(28)21-22(15-7-4-3-5-8-15)27(25(30)24(21)29)18-10-6-9-17(26)14-18/h3-14,22,28H,1-2H3/b23-21+. The zero-order valence-corrected chi connectivity index (χ0v) is 17.4. The second-order valence-corrected chi connectivity index (χ2v) is 7.13. The fourth-order valence-corrected chi connectivity index (χ4v) is 3.81. The number of Topliss-reactive ketones (excluding diaryl/α,β-unsaturated/α-hetero) is 1. The van der Waals surface area contributed by atoms with E-state index in [2.05, 4.69) is 0 Å². The number of ketones is 1. The normalized spacial score (nSPS) is 17.5. The van der Waals surface area contributed by atoms with Gasteiger partial charge >= 0.3 is 0 Å². The van der Waals surface area contributed by atoms with Crippen LogP contribution in [0.2, 0.25) is 0 Å². The minimum absolute atomic E-state index is 0.0994. The lowest BCUT2D eigenvalue weighted by Gasteiger charge is -2.25. The molecule has 1 N–H and O–H groups in total. The van der Waals surface area contributed by atoms with E-state index in [-0.39, 0.29) is 22.6 Å². The third kappa shape index (κ3) is 3.58. The Morgan fingerprint density at radius 1 is 0.906 bits per heavy atom. The van der Waals surface area contributed by atoms with Gasteiger partial charge in [-0.05, 0) is 42.0 Å². The summed E-state index contributed by atoms with van der Waals surface area (Å²) >= 11 is 0. The molecule has 0 saturated carbocycles. The maximum atomic E-state index is 13.9. The van der Waals surface area contributed by atoms with Crippen LogP contribution in [0.15, 0.2) is 78.4 Å². The number of rotatable bonds is 5. The summed E-state index contributed by atoms with van der Waals surface area (Å²) in [6.45, 7) is 0. The van der Waals surface area contributed by atoms with Crippen molar-refractivity contribution in [2.24, 2.45) is 0 Å². The van der Waals surface area contributed by atoms with E-state index < -0.39 is 23.5 Å². The molecule has 7 heteroatoms. The summed E-state index contributed by atoms with van der Waals surface area (Å²) in [4.78, 5) is 27.3. The molecule has 0 aliphatic carbocycles. The van der Waals surface area contributed by atoms with E-state index in [4.69, 9.17) is 9.47 Å². The summed E-state index contributed by atoms with van der Waals surface area (Å²) in [5, 5.41) is 11.2. The molecule has 6 nitrogen and oxygen atoms in total. The topological polar surface area (TPSA) is 76.1 Å². The molecule has 1 heterocycles. The number of ether oxygens (including phenoxy) is 2. The van der Waals surface area contributed by atoms with Crippen molar-refractivity contribution in [3.8, 4) is 11.5 Å². The quantitative estimate of drug-likeness (QED) is 0.365. The maximum Gasteiger partial charge on any atom is 0.300 e. The molecule has 0 bridgehead atoms. The van der Waals surface area contributed by atoms with Crippen LogP contribution in [0, 0.1) is 5.82 Å². The van der Waals surface area contributed by atoms with Gasteiger partial charge in [0, 0.05) is 11.3 Å². The predicted octanol–water partition coefficient (Wildman–Crippen LogP) is 4.47. The Labute approximate surface area is 184 Å². The first-order valence-electron chi connectivity index (χ1n) is 9.80. The number of hydrogen-bond acceptors (Lipinski definition) is 5. The predicted molar refractivity (Wildman–Crippen MR) is 117 cm³/mol. The molecule has 0 spiro atoms. The number of carbonyl (C=O) groups is 2. The van der Waals surface area contributed by atoms with Crippen LogP contribution in [0.1, 0.15) is 17.2 Å². The van der Waals surface area contributed by atoms with Crippen LogP contribution < -0.4 is 14.4 Å². The number of halogens is 1. The Hall–Kier alpha value is -4.13. The van der Waals surface area contributed by atoms with E-state index in [1.165, 1.54) is 43.4 Å². The Kier molecular flexibility index (Phi) is 5.64. The third-order valence-corrected chi connectivity index (χ3v) is 5.30. The van der Waals surface area contributed by atoms with Crippen molar-refractivity contribution in [2.45, 2.75) is 6.04 Å². The average Bonchev–Trinajstić information content (AvgIpc) is 3.09. The van der Waals surface area contributed by atoms with Gasteiger partial charge in [0.2, 0.25) is 0 Å². The molecular weight excluding hydrogens is 413 g/mol. The third-order valence-electron chi connectivity index (χ3n) is 5.30. The Bertz CT molecular complexity index is 1220. The van der Waals surface area contributed by atoms with Gasteiger partial charge in [0.1, 0.15) is 11.6 Å². The Morgan fingerprint density at radius 3 is 2.28 bits per heavy atom. The SMILES string of the molecule is COc1ccc(/C(O)=C2\C(=O)C(=O)N(c3cccc(F)c3)C2c2ccccc2)cc1OC. The molecule has 162 valence electrons. The fraction of sp³-hybridized carbons (Fsp3) is 0.120. The van der Waals surface area contributed by atoms with E-state index in [0.29, 0.717) is 17.1 Å². The van der Waals surface area contributed by atoms with Gasteiger partial charge in [-0.15, -0.1) is 0 Å². The van der Waals surface area contributed by atoms with Crippen LogP contribution in [-0.2, 0) is 9.59 Å². The first-order chi connectivity index (χ1) is 15.5. The lowest BCUT2D eigenvalue weighted by atomic mass is 9.95. The molecule has 3 aromatic rings. The monoisotopic (exact) mass is 433 g/mol. The summed E-state index contributed by atoms with van der Waals surface area (Å²) in [5.74, 6) is -1.83. The first-order valence-corrected chi connectivity index (χ1v) is 9.80. The van der Waals surface area contributed by atoms with Gasteiger partial charge in [0.15, 0.2) is 11.5 Å². The summed E-state index contributed by atoms with van der Waals surface area (Å²) < 4.78 is 24.5. The molecule has 4 rings (SSSR count). The van der Waals surface area contributed by atoms with Crippen LogP contribution in [0.4, 0.5) is 10.1 Å². The van der Waals surface area contributed by atoms with Gasteiger partial charge < -0.3 is 14.6 Å². The van der Waals surface area contributed by atoms with Crippen molar-refractivity contribution < 1.29 is 28.6 Å². The molecule has 1 fully saturated rings. The molecule has 3 aromatic carbocycles. The van der Waals surface area contributed by atoms with Gasteiger partial charge in [-0.25, -0.2) is 4.39 Å². The molecule has 32 heavy (non-hydrogen) atoms. The zero-order chi connectivity index (χ0) is 22.8. The van der Waals surface area contributed by atoms with Crippen molar-refractivity contribution in [3.63, 3.8) is 0 Å². The summed E-state index contributed by atoms with van der Waals surface area (Å²) in [6.07, 6.45) is 0. The lowest BCUT2D eigenvalue weighted by molar-refractivity contribution is -0.132. The van der Waals surface area contributed by atoms with Gasteiger partial charge in [-0.3, -0.25) is 14.5 Å². The number of nitrogens with zero attached hydrogens (tertiary/aromatic N) is 1. The van der Waals surface area contributed by atoms with Crippen LogP contribution in [0.25, 0.3) is 5.76 Å². The molecule has 0 aromatic heterocycles. The molecule has 0 radical (unpaired) electrons. The lowest BCUT2D eigenvalue weighted by Crippen LogP contribution is -2.29. The summed E-state index contributed by atoms with van der Waals surface area (Å²) in [6, 6.07) is 18.0. The van der Waals surface area contributed by atoms with Crippen molar-refractivity contribution in [1.82, 2.24) is 0 Å². The Balaban J connectivity index is 1.93. The second kappa shape index (κ2) is 8.55. The summed E-state index contributed by atoms with van der Waals surface area (Å²) in [7, 11) is 2.94. The molecule has 1 aliphatic heterocycles. The number of hydrogen-bond donors (Lipinski definition) is 1. The number of aliphatic hydroxyl groups excluding tert-OH is 1. The van der Waals surface area contributed by atoms with Crippen molar-refractivity contribution in [2.75, 3.05) is 19.1 Å². The number of anilines is 1. The number of carbonyl (C=O) groups excluding carboxylic acids is 2. The van der Waals surface area contributed by atoms with E-state index in [1.807, 2.05) is 0 Å². The van der Waals surface area contributed by atoms with E-state index in [9.17, 15) is 19.1 Å². The minimum atomic E-state index is -0.939. The van der Waals surface area contributed by atoms with Crippen molar-refractivity contribution in [1.29, 1.82) is 0 Å². The highest BCUT2D eigenvalue weighted by molar-refractivity contribution is 6.51. The minimum Gasteiger partial charge on any atom is -0.507 e. The smallest absolute Gasteiger partial charge is 0.300 e. The van der Waals surface area contributed by atoms with Crippen molar-refractivity contribution in [3.05, 3.63) is 95.3 Å². The molecular formula is C25H20FNO5. The van der Waals surface area contributed by atoms with Crippen LogP contribution in [0.3, 0.4) is 0 Å². The fourth-order valence-electron chi connectivity index (χ4n) is 3.81. The number of aliphatic hydroxyl groups is 1. The van der Waals surface area contributed by atoms with Gasteiger partial charge in [0.25, 0.3) is 11.7 Å². The van der Waals surface area contributed by atoms with Gasteiger partial charge in [0.05, 0.1) is 25.8 Å². The number of methoxy groups -OCH3 is 2.